The molecule has 2 aromatic rings. The summed E-state index contributed by atoms with van der Waals surface area (Å²) in [6.07, 6.45) is 0. The van der Waals surface area contributed by atoms with Crippen LogP contribution in [0.3, 0.4) is 0 Å². The Kier molecular flexibility index (Phi) is 10.7. The first-order valence-corrected chi connectivity index (χ1v) is 11.1. The lowest BCUT2D eigenvalue weighted by molar-refractivity contribution is 0.569. The number of halogens is 2. The summed E-state index contributed by atoms with van der Waals surface area (Å²) in [4.78, 5) is 4.18. The van der Waals surface area contributed by atoms with Crippen molar-refractivity contribution in [3.8, 4) is 0 Å². The third kappa shape index (κ3) is 8.97. The second-order valence-corrected chi connectivity index (χ2v) is 8.96. The van der Waals surface area contributed by atoms with Crippen LogP contribution in [0.25, 0.3) is 0 Å². The topological polar surface area (TPSA) is 82.6 Å². The first-order valence-electron chi connectivity index (χ1n) is 9.46. The normalized spacial score (nSPS) is 11.9. The predicted octanol–water partition coefficient (Wildman–Crippen LogP) is 3.45. The van der Waals surface area contributed by atoms with Gasteiger partial charge in [0.25, 0.3) is 0 Å². The molecule has 0 aliphatic carbocycles. The Morgan fingerprint density at radius 2 is 1.53 bits per heavy atom. The van der Waals surface area contributed by atoms with E-state index in [-0.39, 0.29) is 41.6 Å². The van der Waals surface area contributed by atoms with Crippen LogP contribution in [-0.2, 0) is 28.9 Å². The highest BCUT2D eigenvalue weighted by Crippen LogP contribution is 2.10. The van der Waals surface area contributed by atoms with Crippen molar-refractivity contribution in [2.45, 2.75) is 45.7 Å². The molecule has 0 amide bonds. The fourth-order valence-electron chi connectivity index (χ4n) is 2.78. The maximum absolute atomic E-state index is 13.4. The van der Waals surface area contributed by atoms with E-state index in [1.807, 2.05) is 24.3 Å². The van der Waals surface area contributed by atoms with Gasteiger partial charge in [0, 0.05) is 26.2 Å². The molecule has 0 spiro atoms. The quantitative estimate of drug-likeness (QED) is 0.268. The van der Waals surface area contributed by atoms with E-state index in [1.54, 1.807) is 40.0 Å². The number of aryl methyl sites for hydroxylation is 1. The second-order valence-electron chi connectivity index (χ2n) is 7.21. The van der Waals surface area contributed by atoms with Crippen LogP contribution in [-0.4, -0.2) is 27.5 Å². The molecule has 0 saturated heterocycles. The average Bonchev–Trinajstić information content (AvgIpc) is 2.64. The smallest absolute Gasteiger partial charge is 0.216 e. The third-order valence-electron chi connectivity index (χ3n) is 4.16. The highest BCUT2D eigenvalue weighted by molar-refractivity contribution is 14.0. The maximum atomic E-state index is 13.4. The number of rotatable bonds is 8. The molecular weight excluding hydrogens is 518 g/mol. The van der Waals surface area contributed by atoms with Crippen molar-refractivity contribution in [3.63, 3.8) is 0 Å². The van der Waals surface area contributed by atoms with Crippen LogP contribution in [0.15, 0.2) is 47.5 Å². The Morgan fingerprint density at radius 1 is 1.00 bits per heavy atom. The lowest BCUT2D eigenvalue weighted by Crippen LogP contribution is -2.36. The summed E-state index contributed by atoms with van der Waals surface area (Å²) in [5.41, 5.74) is 3.31. The van der Waals surface area contributed by atoms with Crippen LogP contribution >= 0.6 is 24.0 Å². The first-order chi connectivity index (χ1) is 13.7. The first kappa shape index (κ1) is 26.3. The van der Waals surface area contributed by atoms with Gasteiger partial charge in [0.15, 0.2) is 5.96 Å². The molecule has 0 aliphatic heterocycles. The van der Waals surface area contributed by atoms with E-state index >= 15 is 0 Å². The van der Waals surface area contributed by atoms with Gasteiger partial charge in [0.05, 0.1) is 5.75 Å². The summed E-state index contributed by atoms with van der Waals surface area (Å²) < 4.78 is 40.0. The molecule has 0 heterocycles. The molecule has 0 aliphatic rings. The molecule has 0 saturated carbocycles. The average molecular weight is 548 g/mol. The Bertz CT molecular complexity index is 948. The molecule has 0 atom stereocenters. The van der Waals surface area contributed by atoms with Crippen molar-refractivity contribution >= 4 is 40.0 Å². The van der Waals surface area contributed by atoms with Gasteiger partial charge in [-0.15, -0.1) is 24.0 Å². The van der Waals surface area contributed by atoms with Crippen molar-refractivity contribution in [1.82, 2.24) is 15.4 Å². The zero-order valence-corrected chi connectivity index (χ0v) is 20.8. The van der Waals surface area contributed by atoms with Crippen LogP contribution in [0.2, 0.25) is 0 Å². The molecule has 3 N–H and O–H groups in total. The number of aliphatic imine (C=N–C) groups is 1. The minimum absolute atomic E-state index is 0. The molecule has 166 valence electrons. The van der Waals surface area contributed by atoms with Crippen LogP contribution in [0, 0.1) is 12.7 Å². The Morgan fingerprint density at radius 3 is 2.07 bits per heavy atom. The van der Waals surface area contributed by atoms with Crippen molar-refractivity contribution in [1.29, 1.82) is 0 Å². The lowest BCUT2D eigenvalue weighted by Gasteiger charge is -2.13. The molecule has 0 unspecified atom stereocenters. The zero-order valence-electron chi connectivity index (χ0n) is 17.7. The maximum Gasteiger partial charge on any atom is 0.216 e. The molecule has 6 nitrogen and oxygen atoms in total. The van der Waals surface area contributed by atoms with Crippen molar-refractivity contribution < 1.29 is 12.8 Å². The van der Waals surface area contributed by atoms with Crippen molar-refractivity contribution in [2.24, 2.45) is 4.99 Å². The van der Waals surface area contributed by atoms with E-state index in [2.05, 4.69) is 20.3 Å². The van der Waals surface area contributed by atoms with E-state index in [1.165, 1.54) is 6.07 Å². The van der Waals surface area contributed by atoms with E-state index < -0.39 is 10.0 Å². The number of hydrogen-bond acceptors (Lipinski definition) is 3. The van der Waals surface area contributed by atoms with Gasteiger partial charge in [-0.1, -0.05) is 36.4 Å². The van der Waals surface area contributed by atoms with Gasteiger partial charge in [-0.2, -0.15) is 0 Å². The second kappa shape index (κ2) is 12.2. The van der Waals surface area contributed by atoms with Crippen molar-refractivity contribution in [2.75, 3.05) is 7.05 Å². The summed E-state index contributed by atoms with van der Waals surface area (Å²) in [6, 6.07) is 12.3. The van der Waals surface area contributed by atoms with Crippen LogP contribution < -0.4 is 15.4 Å². The van der Waals surface area contributed by atoms with E-state index in [0.717, 1.165) is 16.7 Å². The molecular formula is C21H30FIN4O2S. The molecule has 0 fully saturated rings. The van der Waals surface area contributed by atoms with Gasteiger partial charge in [0.1, 0.15) is 5.82 Å². The predicted molar refractivity (Wildman–Crippen MR) is 131 cm³/mol. The molecule has 9 heteroatoms. The lowest BCUT2D eigenvalue weighted by atomic mass is 10.1. The summed E-state index contributed by atoms with van der Waals surface area (Å²) >= 11 is 0. The summed E-state index contributed by atoms with van der Waals surface area (Å²) in [7, 11) is -1.65. The van der Waals surface area contributed by atoms with Crippen LogP contribution in [0.5, 0.6) is 0 Å². The number of nitrogens with one attached hydrogen (secondary N) is 3. The minimum atomic E-state index is -3.33. The highest BCUT2D eigenvalue weighted by atomic mass is 127. The SMILES string of the molecule is CN=C(NCc1ccc(CS(=O)(=O)NC(C)C)cc1)NCc1ccc(F)c(C)c1.I. The molecule has 0 bridgehead atoms. The minimum Gasteiger partial charge on any atom is -0.352 e. The van der Waals surface area contributed by atoms with Gasteiger partial charge < -0.3 is 10.6 Å². The van der Waals surface area contributed by atoms with Gasteiger partial charge >= 0.3 is 0 Å². The number of benzene rings is 2. The molecule has 0 radical (unpaired) electrons. The number of hydrogen-bond donors (Lipinski definition) is 3. The standard InChI is InChI=1S/C21H29FN4O2S.HI/c1-15(2)26-29(27,28)14-18-7-5-17(6-8-18)12-24-21(23-4)25-13-19-9-10-20(22)16(3)11-19;/h5-11,15,26H,12-14H2,1-4H3,(H2,23,24,25);1H. The molecule has 30 heavy (non-hydrogen) atoms. The number of sulfonamides is 1. The zero-order chi connectivity index (χ0) is 21.4. The molecule has 2 rings (SSSR count). The van der Waals surface area contributed by atoms with E-state index in [0.29, 0.717) is 24.6 Å². The Hall–Kier alpha value is -1.72. The number of nitrogens with zero attached hydrogens (tertiary/aromatic N) is 1. The molecule has 2 aromatic carbocycles. The Balaban J connectivity index is 0.00000450. The summed E-state index contributed by atoms with van der Waals surface area (Å²) in [5.74, 6) is 0.367. The van der Waals surface area contributed by atoms with E-state index in [9.17, 15) is 12.8 Å². The fourth-order valence-corrected chi connectivity index (χ4v) is 4.22. The van der Waals surface area contributed by atoms with Crippen LogP contribution in [0.1, 0.15) is 36.1 Å². The van der Waals surface area contributed by atoms with Gasteiger partial charge in [0.2, 0.25) is 10.0 Å². The fraction of sp³-hybridized carbons (Fsp3) is 0.381. The van der Waals surface area contributed by atoms with Crippen molar-refractivity contribution in [3.05, 3.63) is 70.5 Å². The van der Waals surface area contributed by atoms with Crippen LogP contribution in [0.4, 0.5) is 4.39 Å². The third-order valence-corrected chi connectivity index (χ3v) is 5.70. The molecule has 0 aromatic heterocycles. The summed E-state index contributed by atoms with van der Waals surface area (Å²) in [5, 5.41) is 6.40. The monoisotopic (exact) mass is 548 g/mol. The van der Waals surface area contributed by atoms with E-state index in [4.69, 9.17) is 0 Å². The highest BCUT2D eigenvalue weighted by Gasteiger charge is 2.12. The Labute approximate surface area is 195 Å². The van der Waals surface area contributed by atoms with Gasteiger partial charge in [-0.05, 0) is 49.1 Å². The van der Waals surface area contributed by atoms with Gasteiger partial charge in [-0.3, -0.25) is 4.99 Å². The van der Waals surface area contributed by atoms with Gasteiger partial charge in [-0.25, -0.2) is 17.5 Å². The summed E-state index contributed by atoms with van der Waals surface area (Å²) in [6.45, 7) is 6.40. The largest absolute Gasteiger partial charge is 0.352 e. The number of guanidine groups is 1.